The molecule has 0 atom stereocenters. The van der Waals surface area contributed by atoms with E-state index in [1.807, 2.05) is 0 Å². The Kier molecular flexibility index (Phi) is 7.12. The van der Waals surface area contributed by atoms with Crippen LogP contribution in [0.25, 0.3) is 0 Å². The lowest BCUT2D eigenvalue weighted by Crippen LogP contribution is -2.49. The van der Waals surface area contributed by atoms with Gasteiger partial charge in [0.25, 0.3) is 0 Å². The Bertz CT molecular complexity index is 570. The van der Waals surface area contributed by atoms with Gasteiger partial charge in [0.05, 0.1) is 7.11 Å². The molecule has 1 aliphatic carbocycles. The SMILES string of the molecule is COc1ccccc1S(=O)(=O)NCC1(N)CCCCCC1.Cl. The summed E-state index contributed by atoms with van der Waals surface area (Å²) in [4.78, 5) is 0.157. The first kappa shape index (κ1) is 19.2. The minimum absolute atomic E-state index is 0. The Morgan fingerprint density at radius 3 is 2.36 bits per heavy atom. The van der Waals surface area contributed by atoms with Crippen molar-refractivity contribution in [2.24, 2.45) is 5.73 Å². The Morgan fingerprint density at radius 1 is 1.18 bits per heavy atom. The third kappa shape index (κ3) is 4.84. The third-order valence-corrected chi connectivity index (χ3v) is 5.51. The zero-order valence-electron chi connectivity index (χ0n) is 12.9. The van der Waals surface area contributed by atoms with Gasteiger partial charge in [-0.3, -0.25) is 0 Å². The predicted molar refractivity (Wildman–Crippen MR) is 90.1 cm³/mol. The molecule has 1 fully saturated rings. The summed E-state index contributed by atoms with van der Waals surface area (Å²) in [6.07, 6.45) is 6.21. The van der Waals surface area contributed by atoms with Crippen LogP contribution in [0.2, 0.25) is 0 Å². The van der Waals surface area contributed by atoms with Crippen LogP contribution in [0.1, 0.15) is 38.5 Å². The summed E-state index contributed by atoms with van der Waals surface area (Å²) in [5, 5.41) is 0. The van der Waals surface area contributed by atoms with E-state index in [2.05, 4.69) is 4.72 Å². The highest BCUT2D eigenvalue weighted by molar-refractivity contribution is 7.89. The number of methoxy groups -OCH3 is 1. The fraction of sp³-hybridized carbons (Fsp3) is 0.600. The van der Waals surface area contributed by atoms with Gasteiger partial charge in [-0.1, -0.05) is 37.8 Å². The molecule has 0 aliphatic heterocycles. The van der Waals surface area contributed by atoms with Crippen molar-refractivity contribution < 1.29 is 13.2 Å². The quantitative estimate of drug-likeness (QED) is 0.801. The number of nitrogens with one attached hydrogen (secondary N) is 1. The van der Waals surface area contributed by atoms with Gasteiger partial charge in [-0.05, 0) is 25.0 Å². The van der Waals surface area contributed by atoms with Crippen LogP contribution < -0.4 is 15.2 Å². The number of benzene rings is 1. The van der Waals surface area contributed by atoms with Crippen molar-refractivity contribution in [3.05, 3.63) is 24.3 Å². The van der Waals surface area contributed by atoms with Crippen LogP contribution in [0, 0.1) is 0 Å². The lowest BCUT2D eigenvalue weighted by Gasteiger charge is -2.28. The van der Waals surface area contributed by atoms with Gasteiger partial charge >= 0.3 is 0 Å². The van der Waals surface area contributed by atoms with E-state index in [9.17, 15) is 8.42 Å². The minimum atomic E-state index is -3.61. The third-order valence-electron chi connectivity index (χ3n) is 4.07. The molecule has 1 aliphatic rings. The second-order valence-corrected chi connectivity index (χ2v) is 7.49. The molecular weight excluding hydrogens is 324 g/mol. The van der Waals surface area contributed by atoms with Crippen molar-refractivity contribution in [1.82, 2.24) is 4.72 Å². The van der Waals surface area contributed by atoms with Crippen molar-refractivity contribution in [1.29, 1.82) is 0 Å². The highest BCUT2D eigenvalue weighted by atomic mass is 35.5. The number of sulfonamides is 1. The molecule has 3 N–H and O–H groups in total. The molecule has 2 rings (SSSR count). The first-order chi connectivity index (χ1) is 9.97. The first-order valence-electron chi connectivity index (χ1n) is 7.38. The molecule has 7 heteroatoms. The van der Waals surface area contributed by atoms with Gasteiger partial charge in [-0.25, -0.2) is 13.1 Å². The number of halogens is 1. The van der Waals surface area contributed by atoms with Crippen molar-refractivity contribution in [3.8, 4) is 5.75 Å². The maximum absolute atomic E-state index is 12.4. The van der Waals surface area contributed by atoms with Crippen molar-refractivity contribution >= 4 is 22.4 Å². The molecule has 0 radical (unpaired) electrons. The molecule has 1 aromatic carbocycles. The molecule has 5 nitrogen and oxygen atoms in total. The van der Waals surface area contributed by atoms with Gasteiger partial charge < -0.3 is 10.5 Å². The highest BCUT2D eigenvalue weighted by Gasteiger charge is 2.29. The van der Waals surface area contributed by atoms with E-state index in [1.165, 1.54) is 26.0 Å². The molecule has 0 spiro atoms. The van der Waals surface area contributed by atoms with Crippen molar-refractivity contribution in [2.75, 3.05) is 13.7 Å². The van der Waals surface area contributed by atoms with Gasteiger partial charge in [0.15, 0.2) is 0 Å². The molecule has 1 saturated carbocycles. The topological polar surface area (TPSA) is 81.4 Å². The Morgan fingerprint density at radius 2 is 1.77 bits per heavy atom. The van der Waals surface area contributed by atoms with E-state index >= 15 is 0 Å². The number of hydrogen-bond acceptors (Lipinski definition) is 4. The van der Waals surface area contributed by atoms with Gasteiger partial charge in [-0.15, -0.1) is 12.4 Å². The van der Waals surface area contributed by atoms with Crippen LogP contribution in [0.5, 0.6) is 5.75 Å². The van der Waals surface area contributed by atoms with E-state index in [-0.39, 0.29) is 23.8 Å². The van der Waals surface area contributed by atoms with Gasteiger partial charge in [-0.2, -0.15) is 0 Å². The summed E-state index contributed by atoms with van der Waals surface area (Å²) in [6, 6.07) is 6.60. The number of hydrogen-bond donors (Lipinski definition) is 2. The summed E-state index contributed by atoms with van der Waals surface area (Å²) in [5.41, 5.74) is 5.92. The molecule has 0 amide bonds. The van der Waals surface area contributed by atoms with E-state index in [1.54, 1.807) is 18.2 Å². The molecular formula is C15H25ClN2O3S. The van der Waals surface area contributed by atoms with Crippen molar-refractivity contribution in [3.63, 3.8) is 0 Å². The second kappa shape index (κ2) is 8.15. The van der Waals surface area contributed by atoms with Crippen molar-refractivity contribution in [2.45, 2.75) is 49.0 Å². The fourth-order valence-corrected chi connectivity index (χ4v) is 4.07. The normalized spacial score (nSPS) is 18.1. The predicted octanol–water partition coefficient (Wildman–Crippen LogP) is 2.45. The summed E-state index contributed by atoms with van der Waals surface area (Å²) < 4.78 is 32.6. The second-order valence-electron chi connectivity index (χ2n) is 5.75. The van der Waals surface area contributed by atoms with Gasteiger partial charge in [0, 0.05) is 12.1 Å². The maximum atomic E-state index is 12.4. The largest absolute Gasteiger partial charge is 0.495 e. The molecule has 1 aromatic rings. The van der Waals surface area contributed by atoms with Crippen LogP contribution in [0.3, 0.4) is 0 Å². The Balaban J connectivity index is 0.00000242. The average molecular weight is 349 g/mol. The number of ether oxygens (including phenoxy) is 1. The number of para-hydroxylation sites is 1. The van der Waals surface area contributed by atoms with E-state index in [0.717, 1.165) is 25.7 Å². The van der Waals surface area contributed by atoms with E-state index in [4.69, 9.17) is 10.5 Å². The monoisotopic (exact) mass is 348 g/mol. The van der Waals surface area contributed by atoms with Crippen LogP contribution in [0.15, 0.2) is 29.2 Å². The summed E-state index contributed by atoms with van der Waals surface area (Å²) in [5.74, 6) is 0.344. The molecule has 126 valence electrons. The van der Waals surface area contributed by atoms with Crippen LogP contribution in [0.4, 0.5) is 0 Å². The molecule has 0 bridgehead atoms. The lowest BCUT2D eigenvalue weighted by atomic mass is 9.92. The lowest BCUT2D eigenvalue weighted by molar-refractivity contribution is 0.368. The summed E-state index contributed by atoms with van der Waals surface area (Å²) in [6.45, 7) is 0.271. The Labute approximate surface area is 139 Å². The molecule has 0 heterocycles. The zero-order chi connectivity index (χ0) is 15.3. The number of nitrogens with two attached hydrogens (primary N) is 1. The standard InChI is InChI=1S/C15H24N2O3S.ClH/c1-20-13-8-4-5-9-14(13)21(18,19)17-12-15(16)10-6-2-3-7-11-15;/h4-5,8-9,17H,2-3,6-7,10-12,16H2,1H3;1H. The number of rotatable bonds is 5. The van der Waals surface area contributed by atoms with Gasteiger partial charge in [0.1, 0.15) is 10.6 Å². The zero-order valence-corrected chi connectivity index (χ0v) is 14.5. The van der Waals surface area contributed by atoms with Gasteiger partial charge in [0.2, 0.25) is 10.0 Å². The maximum Gasteiger partial charge on any atom is 0.244 e. The van der Waals surface area contributed by atoms with Crippen LogP contribution >= 0.6 is 12.4 Å². The average Bonchev–Trinajstić information content (AvgIpc) is 2.71. The molecule has 0 unspecified atom stereocenters. The summed E-state index contributed by atoms with van der Waals surface area (Å²) >= 11 is 0. The van der Waals surface area contributed by atoms with Crippen LogP contribution in [-0.2, 0) is 10.0 Å². The first-order valence-corrected chi connectivity index (χ1v) is 8.87. The van der Waals surface area contributed by atoms with E-state index in [0.29, 0.717) is 5.75 Å². The smallest absolute Gasteiger partial charge is 0.244 e. The fourth-order valence-electron chi connectivity index (χ4n) is 2.77. The highest BCUT2D eigenvalue weighted by Crippen LogP contribution is 2.26. The van der Waals surface area contributed by atoms with Crippen LogP contribution in [-0.4, -0.2) is 27.6 Å². The molecule has 0 saturated heterocycles. The van der Waals surface area contributed by atoms with E-state index < -0.39 is 15.6 Å². The summed E-state index contributed by atoms with van der Waals surface area (Å²) in [7, 11) is -2.15. The molecule has 22 heavy (non-hydrogen) atoms. The molecule has 0 aromatic heterocycles. The minimum Gasteiger partial charge on any atom is -0.495 e. The Hall–Kier alpha value is -0.820.